The topological polar surface area (TPSA) is 55.2 Å². The number of halogens is 2. The Kier molecular flexibility index (Phi) is 5.41. The van der Waals surface area contributed by atoms with Gasteiger partial charge in [0.05, 0.1) is 21.7 Å². The van der Waals surface area contributed by atoms with Gasteiger partial charge >= 0.3 is 0 Å². The minimum Gasteiger partial charge on any atom is -0.377 e. The first-order valence-corrected chi connectivity index (χ1v) is 7.93. The van der Waals surface area contributed by atoms with Crippen LogP contribution in [0.4, 0.5) is 11.4 Å². The molecule has 1 N–H and O–H groups in total. The Hall–Kier alpha value is -1.34. The second kappa shape index (κ2) is 7.09. The molecule has 0 bridgehead atoms. The van der Waals surface area contributed by atoms with E-state index in [1.165, 1.54) is 6.07 Å². The Bertz CT molecular complexity index is 664. The lowest BCUT2D eigenvalue weighted by atomic mass is 10.0. The molecule has 0 aliphatic rings. The van der Waals surface area contributed by atoms with Crippen LogP contribution in [0.5, 0.6) is 0 Å². The van der Waals surface area contributed by atoms with Crippen molar-refractivity contribution in [2.75, 3.05) is 5.32 Å². The smallest absolute Gasteiger partial charge is 0.269 e. The van der Waals surface area contributed by atoms with E-state index >= 15 is 0 Å². The van der Waals surface area contributed by atoms with Crippen LogP contribution in [-0.4, -0.2) is 4.92 Å². The molecule has 2 aromatic rings. The van der Waals surface area contributed by atoms with Gasteiger partial charge in [-0.2, -0.15) is 0 Å². The van der Waals surface area contributed by atoms with Gasteiger partial charge < -0.3 is 5.32 Å². The number of hydrogen-bond acceptors (Lipinski definition) is 3. The van der Waals surface area contributed by atoms with E-state index in [0.717, 1.165) is 21.2 Å². The minimum absolute atomic E-state index is 0.0255. The van der Waals surface area contributed by atoms with Crippen LogP contribution in [0.2, 0.25) is 5.02 Å². The molecule has 21 heavy (non-hydrogen) atoms. The van der Waals surface area contributed by atoms with Gasteiger partial charge in [0.1, 0.15) is 0 Å². The van der Waals surface area contributed by atoms with Crippen LogP contribution in [0, 0.1) is 13.7 Å². The quantitative estimate of drug-likeness (QED) is 0.402. The molecule has 2 rings (SSSR count). The Morgan fingerprint density at radius 3 is 2.71 bits per heavy atom. The third-order valence-electron chi connectivity index (χ3n) is 3.15. The van der Waals surface area contributed by atoms with Crippen LogP contribution in [0.3, 0.4) is 0 Å². The highest BCUT2D eigenvalue weighted by molar-refractivity contribution is 14.1. The molecule has 6 heteroatoms. The first-order valence-electron chi connectivity index (χ1n) is 6.47. The van der Waals surface area contributed by atoms with E-state index in [4.69, 9.17) is 11.6 Å². The molecular weight excluding hydrogens is 403 g/mol. The summed E-state index contributed by atoms with van der Waals surface area (Å²) in [6.07, 6.45) is 0.795. The number of non-ortho nitro benzene ring substituents is 1. The van der Waals surface area contributed by atoms with Crippen molar-refractivity contribution in [3.05, 3.63) is 66.7 Å². The fourth-order valence-electron chi connectivity index (χ4n) is 2.07. The minimum atomic E-state index is -0.381. The molecule has 0 aliphatic heterocycles. The molecular formula is C15H14ClIN2O2. The van der Waals surface area contributed by atoms with Crippen LogP contribution in [0.1, 0.15) is 24.9 Å². The number of rotatable bonds is 5. The standard InChI is InChI=1S/C15H14ClIN2O2/c1-2-14(10-4-3-5-12(8-10)19(20)21)18-15-7-6-11(17)9-13(15)16/h3-9,14,18H,2H2,1H3. The van der Waals surface area contributed by atoms with Gasteiger partial charge in [0, 0.05) is 15.7 Å². The van der Waals surface area contributed by atoms with Gasteiger partial charge in [-0.05, 0) is 52.8 Å². The number of anilines is 1. The van der Waals surface area contributed by atoms with Crippen molar-refractivity contribution in [3.8, 4) is 0 Å². The highest BCUT2D eigenvalue weighted by atomic mass is 127. The van der Waals surface area contributed by atoms with E-state index in [0.29, 0.717) is 5.02 Å². The third kappa shape index (κ3) is 4.07. The first kappa shape index (κ1) is 16.0. The van der Waals surface area contributed by atoms with Crippen molar-refractivity contribution < 1.29 is 4.92 Å². The summed E-state index contributed by atoms with van der Waals surface area (Å²) in [6, 6.07) is 12.4. The predicted molar refractivity (Wildman–Crippen MR) is 93.9 cm³/mol. The SMILES string of the molecule is CCC(Nc1ccc(I)cc1Cl)c1cccc([N+](=O)[O-])c1. The fourth-order valence-corrected chi connectivity index (χ4v) is 2.98. The van der Waals surface area contributed by atoms with Gasteiger partial charge in [0.2, 0.25) is 0 Å². The first-order chi connectivity index (χ1) is 10.0. The molecule has 0 heterocycles. The Morgan fingerprint density at radius 2 is 2.10 bits per heavy atom. The van der Waals surface area contributed by atoms with E-state index in [9.17, 15) is 10.1 Å². The molecule has 0 aliphatic carbocycles. The van der Waals surface area contributed by atoms with E-state index in [1.807, 2.05) is 31.2 Å². The van der Waals surface area contributed by atoms with E-state index < -0.39 is 0 Å². The monoisotopic (exact) mass is 416 g/mol. The molecule has 0 aromatic heterocycles. The zero-order chi connectivity index (χ0) is 15.4. The van der Waals surface area contributed by atoms with Gasteiger partial charge in [-0.25, -0.2) is 0 Å². The summed E-state index contributed by atoms with van der Waals surface area (Å²) in [7, 11) is 0. The summed E-state index contributed by atoms with van der Waals surface area (Å²) < 4.78 is 1.06. The normalized spacial score (nSPS) is 12.0. The van der Waals surface area contributed by atoms with Crippen LogP contribution in [0.25, 0.3) is 0 Å². The average molecular weight is 417 g/mol. The maximum absolute atomic E-state index is 10.9. The summed E-state index contributed by atoms with van der Waals surface area (Å²) in [6.45, 7) is 2.02. The van der Waals surface area contributed by atoms with E-state index in [-0.39, 0.29) is 16.7 Å². The molecule has 1 unspecified atom stereocenters. The van der Waals surface area contributed by atoms with Gasteiger partial charge in [-0.15, -0.1) is 0 Å². The average Bonchev–Trinajstić information content (AvgIpc) is 2.46. The van der Waals surface area contributed by atoms with Crippen molar-refractivity contribution in [1.29, 1.82) is 0 Å². The zero-order valence-corrected chi connectivity index (χ0v) is 14.3. The molecule has 1 atom stereocenters. The molecule has 0 amide bonds. The molecule has 0 saturated carbocycles. The highest BCUT2D eigenvalue weighted by Crippen LogP contribution is 2.30. The Labute approximate surface area is 141 Å². The summed E-state index contributed by atoms with van der Waals surface area (Å²) in [5.41, 5.74) is 1.80. The lowest BCUT2D eigenvalue weighted by molar-refractivity contribution is -0.384. The largest absolute Gasteiger partial charge is 0.377 e. The Balaban J connectivity index is 2.27. The summed E-state index contributed by atoms with van der Waals surface area (Å²) in [5, 5.41) is 14.9. The van der Waals surface area contributed by atoms with Crippen molar-refractivity contribution in [3.63, 3.8) is 0 Å². The number of benzene rings is 2. The van der Waals surface area contributed by atoms with Gasteiger partial charge in [0.25, 0.3) is 5.69 Å². The molecule has 0 fully saturated rings. The van der Waals surface area contributed by atoms with Crippen LogP contribution < -0.4 is 5.32 Å². The lowest BCUT2D eigenvalue weighted by Crippen LogP contribution is -2.10. The summed E-state index contributed by atoms with van der Waals surface area (Å²) in [4.78, 5) is 10.5. The number of hydrogen-bond donors (Lipinski definition) is 1. The second-order valence-corrected chi connectivity index (χ2v) is 6.23. The van der Waals surface area contributed by atoms with Crippen molar-refractivity contribution in [2.45, 2.75) is 19.4 Å². The zero-order valence-electron chi connectivity index (χ0n) is 11.3. The number of nitrogens with zero attached hydrogens (tertiary/aromatic N) is 1. The lowest BCUT2D eigenvalue weighted by Gasteiger charge is -2.19. The number of nitro groups is 1. The highest BCUT2D eigenvalue weighted by Gasteiger charge is 2.14. The van der Waals surface area contributed by atoms with Crippen LogP contribution in [0.15, 0.2) is 42.5 Å². The number of nitrogens with one attached hydrogen (secondary N) is 1. The summed E-state index contributed by atoms with van der Waals surface area (Å²) in [5.74, 6) is 0. The molecule has 2 aromatic carbocycles. The maximum atomic E-state index is 10.9. The van der Waals surface area contributed by atoms with E-state index in [2.05, 4.69) is 27.9 Å². The maximum Gasteiger partial charge on any atom is 0.269 e. The van der Waals surface area contributed by atoms with E-state index in [1.54, 1.807) is 12.1 Å². The van der Waals surface area contributed by atoms with Crippen molar-refractivity contribution in [2.24, 2.45) is 0 Å². The van der Waals surface area contributed by atoms with Crippen LogP contribution >= 0.6 is 34.2 Å². The van der Waals surface area contributed by atoms with Gasteiger partial charge in [0.15, 0.2) is 0 Å². The molecule has 110 valence electrons. The summed E-state index contributed by atoms with van der Waals surface area (Å²) >= 11 is 8.43. The molecule has 0 saturated heterocycles. The van der Waals surface area contributed by atoms with Crippen LogP contribution in [-0.2, 0) is 0 Å². The molecule has 4 nitrogen and oxygen atoms in total. The van der Waals surface area contributed by atoms with Crippen molar-refractivity contribution in [1.82, 2.24) is 0 Å². The van der Waals surface area contributed by atoms with Gasteiger partial charge in [-0.1, -0.05) is 30.7 Å². The van der Waals surface area contributed by atoms with Gasteiger partial charge in [-0.3, -0.25) is 10.1 Å². The van der Waals surface area contributed by atoms with Crippen molar-refractivity contribution >= 4 is 45.6 Å². The molecule has 0 radical (unpaired) electrons. The Morgan fingerprint density at radius 1 is 1.33 bits per heavy atom. The second-order valence-electron chi connectivity index (χ2n) is 4.58. The predicted octanol–water partition coefficient (Wildman–Crippen LogP) is 5.42. The third-order valence-corrected chi connectivity index (χ3v) is 4.14. The molecule has 0 spiro atoms. The fraction of sp³-hybridized carbons (Fsp3) is 0.200. The number of nitro benzene ring substituents is 1.